The Morgan fingerprint density at radius 2 is 2.53 bits per heavy atom. The van der Waals surface area contributed by atoms with Crippen molar-refractivity contribution in [3.05, 3.63) is 12.7 Å². The first-order chi connectivity index (χ1) is 7.31. The second-order valence-electron chi connectivity index (χ2n) is 3.63. The van der Waals surface area contributed by atoms with Crippen LogP contribution in [0.5, 0.6) is 0 Å². The van der Waals surface area contributed by atoms with E-state index in [0.29, 0.717) is 25.6 Å². The number of carbonyl (C=O) groups is 1. The number of ether oxygens (including phenoxy) is 1. The van der Waals surface area contributed by atoms with Gasteiger partial charge in [-0.05, 0) is 0 Å². The Kier molecular flexibility index (Phi) is 2.89. The van der Waals surface area contributed by atoms with Gasteiger partial charge in [0.05, 0.1) is 5.71 Å². The maximum Gasteiger partial charge on any atom is 0.410 e. The van der Waals surface area contributed by atoms with E-state index < -0.39 is 0 Å². The maximum atomic E-state index is 11.3. The summed E-state index contributed by atoms with van der Waals surface area (Å²) in [6, 6.07) is 0. The predicted octanol–water partition coefficient (Wildman–Crippen LogP) is 1.02. The van der Waals surface area contributed by atoms with Gasteiger partial charge in [0, 0.05) is 25.4 Å². The van der Waals surface area contributed by atoms with Crippen molar-refractivity contribution in [1.82, 2.24) is 4.90 Å². The van der Waals surface area contributed by atoms with E-state index in [1.807, 2.05) is 0 Å². The second-order valence-corrected chi connectivity index (χ2v) is 3.63. The summed E-state index contributed by atoms with van der Waals surface area (Å²) in [7, 11) is 0. The molecule has 2 aliphatic heterocycles. The van der Waals surface area contributed by atoms with Gasteiger partial charge in [-0.15, -0.1) is 0 Å². The molecule has 1 amide bonds. The molecule has 0 aliphatic carbocycles. The highest BCUT2D eigenvalue weighted by molar-refractivity contribution is 5.89. The van der Waals surface area contributed by atoms with Crippen LogP contribution in [0, 0.1) is 5.92 Å². The average molecular weight is 210 g/mol. The molecule has 0 N–H and O–H groups in total. The van der Waals surface area contributed by atoms with E-state index in [1.165, 1.54) is 0 Å². The average Bonchev–Trinajstić information content (AvgIpc) is 2.65. The van der Waals surface area contributed by atoms with E-state index in [1.54, 1.807) is 11.0 Å². The number of hydrogen-bond donors (Lipinski definition) is 0. The molecule has 2 aliphatic rings. The lowest BCUT2D eigenvalue weighted by molar-refractivity contribution is 0.0763. The Labute approximate surface area is 88.3 Å². The van der Waals surface area contributed by atoms with Gasteiger partial charge in [0.2, 0.25) is 0 Å². The third-order valence-corrected chi connectivity index (χ3v) is 2.57. The molecule has 0 radical (unpaired) electrons. The molecule has 1 saturated heterocycles. The zero-order valence-electron chi connectivity index (χ0n) is 8.52. The Balaban J connectivity index is 1.72. The van der Waals surface area contributed by atoms with Crippen LogP contribution in [0.1, 0.15) is 6.42 Å². The van der Waals surface area contributed by atoms with Crippen molar-refractivity contribution >= 4 is 11.8 Å². The van der Waals surface area contributed by atoms with Crippen molar-refractivity contribution in [2.45, 2.75) is 6.42 Å². The highest BCUT2D eigenvalue weighted by atomic mass is 16.6. The van der Waals surface area contributed by atoms with Crippen molar-refractivity contribution in [3.63, 3.8) is 0 Å². The Morgan fingerprint density at radius 3 is 3.13 bits per heavy atom. The molecule has 0 unspecified atom stereocenters. The minimum absolute atomic E-state index is 0.268. The lowest BCUT2D eigenvalue weighted by Crippen LogP contribution is -2.53. The summed E-state index contributed by atoms with van der Waals surface area (Å²) >= 11 is 0. The molecule has 0 aromatic carbocycles. The fourth-order valence-corrected chi connectivity index (χ4v) is 1.66. The standard InChI is InChI=1S/C10H14N2O3/c1-2-4-14-10(13)12-6-8(7-12)9-3-5-15-11-9/h2,8H,1,3-7H2. The predicted molar refractivity (Wildman–Crippen MR) is 54.6 cm³/mol. The molecule has 0 bridgehead atoms. The second kappa shape index (κ2) is 4.33. The largest absolute Gasteiger partial charge is 0.445 e. The number of likely N-dealkylation sites (tertiary alicyclic amines) is 1. The quantitative estimate of drug-likeness (QED) is 0.653. The van der Waals surface area contributed by atoms with E-state index in [0.717, 1.165) is 12.1 Å². The first kappa shape index (κ1) is 10.0. The van der Waals surface area contributed by atoms with Gasteiger partial charge < -0.3 is 14.5 Å². The fourth-order valence-electron chi connectivity index (χ4n) is 1.66. The van der Waals surface area contributed by atoms with E-state index >= 15 is 0 Å². The van der Waals surface area contributed by atoms with Crippen LogP contribution in [-0.4, -0.2) is 43.0 Å². The molecule has 1 fully saturated rings. The third kappa shape index (κ3) is 2.11. The molecular weight excluding hydrogens is 196 g/mol. The Morgan fingerprint density at radius 1 is 1.73 bits per heavy atom. The van der Waals surface area contributed by atoms with Crippen LogP contribution in [0.4, 0.5) is 4.79 Å². The molecule has 0 spiro atoms. The van der Waals surface area contributed by atoms with Gasteiger partial charge in [0.15, 0.2) is 0 Å². The monoisotopic (exact) mass is 210 g/mol. The summed E-state index contributed by atoms with van der Waals surface area (Å²) in [5.74, 6) is 0.365. The van der Waals surface area contributed by atoms with E-state index in [2.05, 4.69) is 11.7 Å². The lowest BCUT2D eigenvalue weighted by atomic mass is 9.93. The molecule has 82 valence electrons. The molecule has 5 heteroatoms. The van der Waals surface area contributed by atoms with Crippen LogP contribution in [0.3, 0.4) is 0 Å². The summed E-state index contributed by atoms with van der Waals surface area (Å²) in [6.45, 7) is 5.81. The summed E-state index contributed by atoms with van der Waals surface area (Å²) < 4.78 is 4.90. The summed E-state index contributed by atoms with van der Waals surface area (Å²) in [4.78, 5) is 17.9. The van der Waals surface area contributed by atoms with Crippen molar-refractivity contribution in [2.24, 2.45) is 11.1 Å². The van der Waals surface area contributed by atoms with E-state index in [9.17, 15) is 4.79 Å². The zero-order valence-corrected chi connectivity index (χ0v) is 8.52. The van der Waals surface area contributed by atoms with E-state index in [-0.39, 0.29) is 12.7 Å². The first-order valence-corrected chi connectivity index (χ1v) is 5.02. The molecule has 0 atom stereocenters. The van der Waals surface area contributed by atoms with E-state index in [4.69, 9.17) is 9.57 Å². The van der Waals surface area contributed by atoms with Crippen LogP contribution in [-0.2, 0) is 9.57 Å². The van der Waals surface area contributed by atoms with Crippen molar-refractivity contribution in [2.75, 3.05) is 26.3 Å². The van der Waals surface area contributed by atoms with Gasteiger partial charge in [-0.2, -0.15) is 0 Å². The van der Waals surface area contributed by atoms with Gasteiger partial charge in [-0.3, -0.25) is 0 Å². The Hall–Kier alpha value is -1.52. The van der Waals surface area contributed by atoms with Crippen LogP contribution in [0.15, 0.2) is 17.8 Å². The Bertz CT molecular complexity index is 295. The summed E-state index contributed by atoms with van der Waals surface area (Å²) in [6.07, 6.45) is 2.18. The van der Waals surface area contributed by atoms with Crippen molar-refractivity contribution in [3.8, 4) is 0 Å². The van der Waals surface area contributed by atoms with Gasteiger partial charge in [-0.1, -0.05) is 17.8 Å². The highest BCUT2D eigenvalue weighted by Gasteiger charge is 2.36. The smallest absolute Gasteiger partial charge is 0.410 e. The number of oxime groups is 1. The molecule has 0 aromatic heterocycles. The van der Waals surface area contributed by atoms with Gasteiger partial charge in [0.25, 0.3) is 0 Å². The summed E-state index contributed by atoms with van der Waals surface area (Å²) in [5.41, 5.74) is 1.07. The van der Waals surface area contributed by atoms with Crippen LogP contribution in [0.2, 0.25) is 0 Å². The summed E-state index contributed by atoms with van der Waals surface area (Å²) in [5, 5.41) is 3.94. The number of carbonyl (C=O) groups excluding carboxylic acids is 1. The molecule has 2 rings (SSSR count). The third-order valence-electron chi connectivity index (χ3n) is 2.57. The number of amides is 1. The molecule has 5 nitrogen and oxygen atoms in total. The molecule has 15 heavy (non-hydrogen) atoms. The van der Waals surface area contributed by atoms with Gasteiger partial charge in [0.1, 0.15) is 13.2 Å². The zero-order chi connectivity index (χ0) is 10.7. The minimum Gasteiger partial charge on any atom is -0.445 e. The van der Waals surface area contributed by atoms with Crippen LogP contribution in [0.25, 0.3) is 0 Å². The highest BCUT2D eigenvalue weighted by Crippen LogP contribution is 2.22. The number of nitrogens with zero attached hydrogens (tertiary/aromatic N) is 2. The maximum absolute atomic E-state index is 11.3. The topological polar surface area (TPSA) is 51.1 Å². The lowest BCUT2D eigenvalue weighted by Gasteiger charge is -2.37. The number of hydrogen-bond acceptors (Lipinski definition) is 4. The SMILES string of the molecule is C=CCOC(=O)N1CC(C2=NOCC2)C1. The van der Waals surface area contributed by atoms with Crippen molar-refractivity contribution < 1.29 is 14.4 Å². The normalized spacial score (nSPS) is 20.3. The number of rotatable bonds is 3. The molecule has 0 saturated carbocycles. The van der Waals surface area contributed by atoms with Gasteiger partial charge in [-0.25, -0.2) is 4.79 Å². The molecular formula is C10H14N2O3. The van der Waals surface area contributed by atoms with Crippen LogP contribution < -0.4 is 0 Å². The fraction of sp³-hybridized carbons (Fsp3) is 0.600. The van der Waals surface area contributed by atoms with Crippen LogP contribution >= 0.6 is 0 Å². The minimum atomic E-state index is -0.273. The molecule has 2 heterocycles. The molecule has 0 aromatic rings. The first-order valence-electron chi connectivity index (χ1n) is 5.02. The van der Waals surface area contributed by atoms with Crippen molar-refractivity contribution in [1.29, 1.82) is 0 Å². The van der Waals surface area contributed by atoms with Gasteiger partial charge >= 0.3 is 6.09 Å².